The van der Waals surface area contributed by atoms with Crippen LogP contribution in [0.3, 0.4) is 0 Å². The summed E-state index contributed by atoms with van der Waals surface area (Å²) in [7, 11) is 3.14. The van der Waals surface area contributed by atoms with Crippen LogP contribution in [-0.2, 0) is 0 Å². The van der Waals surface area contributed by atoms with Crippen LogP contribution in [0.5, 0.6) is 11.5 Å². The average Bonchev–Trinajstić information content (AvgIpc) is 2.65. The van der Waals surface area contributed by atoms with Gasteiger partial charge < -0.3 is 14.8 Å². The van der Waals surface area contributed by atoms with Gasteiger partial charge in [-0.3, -0.25) is 0 Å². The Bertz CT molecular complexity index is 747. The molecule has 0 aliphatic rings. The minimum atomic E-state index is -0.517. The Kier molecular flexibility index (Phi) is 6.05. The molecule has 0 aliphatic carbocycles. The number of benzene rings is 2. The number of nitriles is 2. The summed E-state index contributed by atoms with van der Waals surface area (Å²) in [5, 5.41) is 22.0. The first-order valence-corrected chi connectivity index (χ1v) is 7.54. The molecular formula is C19H19N3O2. The Morgan fingerprint density at radius 3 is 2.33 bits per heavy atom. The van der Waals surface area contributed by atoms with E-state index in [2.05, 4.69) is 17.5 Å². The number of methoxy groups -OCH3 is 2. The van der Waals surface area contributed by atoms with Crippen LogP contribution >= 0.6 is 0 Å². The number of hydrogen-bond acceptors (Lipinski definition) is 5. The first-order chi connectivity index (χ1) is 11.7. The zero-order valence-corrected chi connectivity index (χ0v) is 13.7. The van der Waals surface area contributed by atoms with Crippen molar-refractivity contribution in [3.8, 4) is 23.6 Å². The lowest BCUT2D eigenvalue weighted by atomic mass is 9.93. The quantitative estimate of drug-likeness (QED) is 0.841. The topological polar surface area (TPSA) is 78.1 Å². The average molecular weight is 321 g/mol. The first-order valence-electron chi connectivity index (χ1n) is 7.54. The fourth-order valence-electron chi connectivity index (χ4n) is 2.43. The van der Waals surface area contributed by atoms with Crippen molar-refractivity contribution in [1.29, 1.82) is 10.5 Å². The predicted molar refractivity (Wildman–Crippen MR) is 92.0 cm³/mol. The molecule has 0 saturated heterocycles. The van der Waals surface area contributed by atoms with E-state index in [0.29, 0.717) is 23.6 Å². The van der Waals surface area contributed by atoms with Gasteiger partial charge in [0.2, 0.25) is 0 Å². The Morgan fingerprint density at radius 2 is 1.75 bits per heavy atom. The fourth-order valence-corrected chi connectivity index (χ4v) is 2.43. The molecular weight excluding hydrogens is 302 g/mol. The van der Waals surface area contributed by atoms with Crippen molar-refractivity contribution in [3.63, 3.8) is 0 Å². The van der Waals surface area contributed by atoms with Gasteiger partial charge in [0.15, 0.2) is 0 Å². The molecule has 0 amide bonds. The van der Waals surface area contributed by atoms with Gasteiger partial charge in [-0.1, -0.05) is 30.3 Å². The van der Waals surface area contributed by atoms with E-state index in [4.69, 9.17) is 9.47 Å². The Labute approximate surface area is 142 Å². The van der Waals surface area contributed by atoms with Crippen LogP contribution in [0.4, 0.5) is 5.69 Å². The number of nitrogens with one attached hydrogen (secondary N) is 1. The van der Waals surface area contributed by atoms with Gasteiger partial charge in [0.1, 0.15) is 17.5 Å². The van der Waals surface area contributed by atoms with Crippen molar-refractivity contribution < 1.29 is 9.47 Å². The Balaban J connectivity index is 2.15. The van der Waals surface area contributed by atoms with Gasteiger partial charge in [0.05, 0.1) is 38.0 Å². The molecule has 5 heteroatoms. The third-order valence-corrected chi connectivity index (χ3v) is 3.72. The van der Waals surface area contributed by atoms with E-state index in [-0.39, 0.29) is 5.92 Å². The molecule has 0 radical (unpaired) electrons. The highest BCUT2D eigenvalue weighted by Gasteiger charge is 2.19. The van der Waals surface area contributed by atoms with Gasteiger partial charge in [-0.2, -0.15) is 10.5 Å². The number of ether oxygens (including phenoxy) is 2. The molecule has 2 atom stereocenters. The van der Waals surface area contributed by atoms with Crippen LogP contribution < -0.4 is 14.8 Å². The lowest BCUT2D eigenvalue weighted by molar-refractivity contribution is 0.395. The van der Waals surface area contributed by atoms with Crippen molar-refractivity contribution in [2.75, 3.05) is 19.5 Å². The second-order valence-electron chi connectivity index (χ2n) is 5.22. The summed E-state index contributed by atoms with van der Waals surface area (Å²) >= 11 is 0. The molecule has 0 heterocycles. The molecule has 0 saturated carbocycles. The second-order valence-corrected chi connectivity index (χ2v) is 5.22. The standard InChI is InChI=1S/C19H19N3O2/c1-23-17-8-9-18(19(11-17)24-2)22-16(13-21)10-15(12-20)14-6-4-3-5-7-14/h3-9,11,15-16,22H,10H2,1-2H3. The maximum absolute atomic E-state index is 9.46. The first kappa shape index (κ1) is 17.2. The second kappa shape index (κ2) is 8.45. The molecule has 0 fully saturated rings. The number of hydrogen-bond donors (Lipinski definition) is 1. The number of anilines is 1. The molecule has 5 nitrogen and oxygen atoms in total. The maximum atomic E-state index is 9.46. The molecule has 2 aromatic rings. The summed E-state index contributed by atoms with van der Waals surface area (Å²) in [5.74, 6) is 0.903. The highest BCUT2D eigenvalue weighted by molar-refractivity contribution is 5.60. The highest BCUT2D eigenvalue weighted by Crippen LogP contribution is 2.31. The van der Waals surface area contributed by atoms with Crippen molar-refractivity contribution in [2.45, 2.75) is 18.4 Å². The van der Waals surface area contributed by atoms with Crippen LogP contribution in [0, 0.1) is 22.7 Å². The largest absolute Gasteiger partial charge is 0.497 e. The minimum Gasteiger partial charge on any atom is -0.497 e. The van der Waals surface area contributed by atoms with Crippen LogP contribution in [0.1, 0.15) is 17.9 Å². The van der Waals surface area contributed by atoms with Crippen LogP contribution in [0.15, 0.2) is 48.5 Å². The summed E-state index contributed by atoms with van der Waals surface area (Å²) in [5.41, 5.74) is 1.60. The normalized spacial score (nSPS) is 12.3. The lowest BCUT2D eigenvalue weighted by Gasteiger charge is -2.18. The molecule has 2 unspecified atom stereocenters. The SMILES string of the molecule is COc1ccc(NC(C#N)CC(C#N)c2ccccc2)c(OC)c1. The summed E-state index contributed by atoms with van der Waals surface area (Å²) in [6, 6.07) is 18.8. The van der Waals surface area contributed by atoms with Gasteiger partial charge in [0, 0.05) is 12.5 Å². The summed E-state index contributed by atoms with van der Waals surface area (Å²) in [6.45, 7) is 0. The zero-order chi connectivity index (χ0) is 17.4. The zero-order valence-electron chi connectivity index (χ0n) is 13.7. The van der Waals surface area contributed by atoms with Crippen molar-refractivity contribution >= 4 is 5.69 Å². The lowest BCUT2D eigenvalue weighted by Crippen LogP contribution is -2.20. The molecule has 0 spiro atoms. The minimum absolute atomic E-state index is 0.354. The molecule has 0 bridgehead atoms. The summed E-state index contributed by atoms with van der Waals surface area (Å²) in [4.78, 5) is 0. The van der Waals surface area contributed by atoms with Gasteiger partial charge in [-0.15, -0.1) is 0 Å². The number of nitrogens with zero attached hydrogens (tertiary/aromatic N) is 2. The van der Waals surface area contributed by atoms with Crippen molar-refractivity contribution in [1.82, 2.24) is 0 Å². The van der Waals surface area contributed by atoms with E-state index in [1.54, 1.807) is 32.4 Å². The van der Waals surface area contributed by atoms with E-state index in [1.165, 1.54) is 0 Å². The maximum Gasteiger partial charge on any atom is 0.145 e. The van der Waals surface area contributed by atoms with Crippen molar-refractivity contribution in [2.24, 2.45) is 0 Å². The molecule has 2 rings (SSSR count). The van der Waals surface area contributed by atoms with E-state index in [9.17, 15) is 10.5 Å². The van der Waals surface area contributed by atoms with E-state index in [1.807, 2.05) is 30.3 Å². The third kappa shape index (κ3) is 4.18. The van der Waals surface area contributed by atoms with Gasteiger partial charge in [-0.05, 0) is 17.7 Å². The van der Waals surface area contributed by atoms with Crippen LogP contribution in [0.25, 0.3) is 0 Å². The third-order valence-electron chi connectivity index (χ3n) is 3.72. The van der Waals surface area contributed by atoms with Gasteiger partial charge in [-0.25, -0.2) is 0 Å². The molecule has 0 aliphatic heterocycles. The van der Waals surface area contributed by atoms with Gasteiger partial charge >= 0.3 is 0 Å². The molecule has 2 aromatic carbocycles. The van der Waals surface area contributed by atoms with Crippen molar-refractivity contribution in [3.05, 3.63) is 54.1 Å². The molecule has 122 valence electrons. The van der Waals surface area contributed by atoms with E-state index < -0.39 is 6.04 Å². The van der Waals surface area contributed by atoms with E-state index in [0.717, 1.165) is 5.56 Å². The number of rotatable bonds is 7. The van der Waals surface area contributed by atoms with Crippen LogP contribution in [-0.4, -0.2) is 20.3 Å². The smallest absolute Gasteiger partial charge is 0.145 e. The molecule has 1 N–H and O–H groups in total. The molecule has 0 aromatic heterocycles. The molecule has 24 heavy (non-hydrogen) atoms. The highest BCUT2D eigenvalue weighted by atomic mass is 16.5. The predicted octanol–water partition coefficient (Wildman–Crippen LogP) is 3.71. The summed E-state index contributed by atoms with van der Waals surface area (Å²) < 4.78 is 10.5. The fraction of sp³-hybridized carbons (Fsp3) is 0.263. The monoisotopic (exact) mass is 321 g/mol. The Morgan fingerprint density at radius 1 is 1.00 bits per heavy atom. The Hall–Kier alpha value is -3.18. The summed E-state index contributed by atoms with van der Waals surface area (Å²) in [6.07, 6.45) is 0.381. The van der Waals surface area contributed by atoms with Crippen LogP contribution in [0.2, 0.25) is 0 Å². The van der Waals surface area contributed by atoms with E-state index >= 15 is 0 Å². The van der Waals surface area contributed by atoms with Gasteiger partial charge in [0.25, 0.3) is 0 Å².